The van der Waals surface area contributed by atoms with Crippen molar-refractivity contribution in [2.45, 2.75) is 19.4 Å². The van der Waals surface area contributed by atoms with Crippen LogP contribution >= 0.6 is 0 Å². The number of amides is 1. The summed E-state index contributed by atoms with van der Waals surface area (Å²) < 4.78 is 0. The summed E-state index contributed by atoms with van der Waals surface area (Å²) >= 11 is 0. The van der Waals surface area contributed by atoms with Crippen LogP contribution in [0, 0.1) is 5.92 Å². The van der Waals surface area contributed by atoms with Crippen LogP contribution in [-0.2, 0) is 6.54 Å². The van der Waals surface area contributed by atoms with Gasteiger partial charge in [-0.15, -0.1) is 0 Å². The molecular weight excluding hydrogens is 228 g/mol. The second-order valence-electron chi connectivity index (χ2n) is 4.82. The lowest BCUT2D eigenvalue weighted by atomic mass is 9.97. The van der Waals surface area contributed by atoms with Gasteiger partial charge in [-0.2, -0.15) is 0 Å². The molecule has 4 heteroatoms. The van der Waals surface area contributed by atoms with Crippen molar-refractivity contribution in [1.29, 1.82) is 0 Å². The van der Waals surface area contributed by atoms with Crippen LogP contribution in [-0.4, -0.2) is 35.6 Å². The van der Waals surface area contributed by atoms with Crippen LogP contribution in [0.15, 0.2) is 24.3 Å². The molecule has 0 bridgehead atoms. The number of carbonyl (C=O) groups excluding carboxylic acids is 1. The average Bonchev–Trinajstić information content (AvgIpc) is 2.47. The highest BCUT2D eigenvalue weighted by molar-refractivity contribution is 5.94. The molecule has 0 saturated carbocycles. The van der Waals surface area contributed by atoms with Gasteiger partial charge in [0.05, 0.1) is 0 Å². The number of carbonyl (C=O) groups is 1. The standard InChI is InChI=1S/C14H20N2O2/c15-9-11-1-3-13(4-2-11)14(18)16-7-5-12(10-17)6-8-16/h1-4,12,17H,5-10,15H2. The summed E-state index contributed by atoms with van der Waals surface area (Å²) in [6.45, 7) is 2.20. The maximum absolute atomic E-state index is 12.2. The number of nitrogens with zero attached hydrogens (tertiary/aromatic N) is 1. The maximum Gasteiger partial charge on any atom is 0.253 e. The number of benzene rings is 1. The first kappa shape index (κ1) is 13.1. The van der Waals surface area contributed by atoms with E-state index < -0.39 is 0 Å². The smallest absolute Gasteiger partial charge is 0.253 e. The number of hydrogen-bond acceptors (Lipinski definition) is 3. The normalized spacial score (nSPS) is 16.9. The van der Waals surface area contributed by atoms with Gasteiger partial charge in [-0.05, 0) is 36.5 Å². The van der Waals surface area contributed by atoms with E-state index in [2.05, 4.69) is 0 Å². The summed E-state index contributed by atoms with van der Waals surface area (Å²) in [6.07, 6.45) is 1.78. The number of nitrogens with two attached hydrogens (primary N) is 1. The second-order valence-corrected chi connectivity index (χ2v) is 4.82. The summed E-state index contributed by atoms with van der Waals surface area (Å²) in [5.41, 5.74) is 7.28. The predicted octanol–water partition coefficient (Wildman–Crippen LogP) is 0.990. The van der Waals surface area contributed by atoms with Gasteiger partial charge < -0.3 is 15.7 Å². The van der Waals surface area contributed by atoms with E-state index in [1.807, 2.05) is 29.2 Å². The fourth-order valence-electron chi connectivity index (χ4n) is 2.28. The Kier molecular flexibility index (Phi) is 4.33. The first-order chi connectivity index (χ1) is 8.74. The number of hydrogen-bond donors (Lipinski definition) is 2. The van der Waals surface area contributed by atoms with E-state index in [0.717, 1.165) is 37.1 Å². The van der Waals surface area contributed by atoms with Crippen LogP contribution in [0.25, 0.3) is 0 Å². The van der Waals surface area contributed by atoms with Gasteiger partial charge in [-0.3, -0.25) is 4.79 Å². The molecule has 1 saturated heterocycles. The van der Waals surface area contributed by atoms with E-state index >= 15 is 0 Å². The zero-order valence-electron chi connectivity index (χ0n) is 10.5. The Hall–Kier alpha value is -1.39. The van der Waals surface area contributed by atoms with Gasteiger partial charge in [0.15, 0.2) is 0 Å². The van der Waals surface area contributed by atoms with Crippen molar-refractivity contribution in [3.63, 3.8) is 0 Å². The zero-order valence-corrected chi connectivity index (χ0v) is 10.5. The third-order valence-corrected chi connectivity index (χ3v) is 3.60. The molecule has 0 unspecified atom stereocenters. The van der Waals surface area contributed by atoms with E-state index in [1.165, 1.54) is 0 Å². The number of likely N-dealkylation sites (tertiary alicyclic amines) is 1. The Balaban J connectivity index is 1.98. The summed E-state index contributed by atoms with van der Waals surface area (Å²) in [5.74, 6) is 0.434. The second kappa shape index (κ2) is 5.98. The quantitative estimate of drug-likeness (QED) is 0.838. The van der Waals surface area contributed by atoms with Gasteiger partial charge in [-0.1, -0.05) is 12.1 Å². The van der Waals surface area contributed by atoms with Gasteiger partial charge in [-0.25, -0.2) is 0 Å². The van der Waals surface area contributed by atoms with Crippen LogP contribution in [0.2, 0.25) is 0 Å². The first-order valence-corrected chi connectivity index (χ1v) is 6.43. The fourth-order valence-corrected chi connectivity index (χ4v) is 2.28. The van der Waals surface area contributed by atoms with Crippen LogP contribution in [0.1, 0.15) is 28.8 Å². The first-order valence-electron chi connectivity index (χ1n) is 6.43. The van der Waals surface area contributed by atoms with E-state index in [9.17, 15) is 4.79 Å². The van der Waals surface area contributed by atoms with Crippen molar-refractivity contribution in [3.8, 4) is 0 Å². The van der Waals surface area contributed by atoms with Crippen molar-refractivity contribution in [2.75, 3.05) is 19.7 Å². The van der Waals surface area contributed by atoms with Crippen LogP contribution < -0.4 is 5.73 Å². The monoisotopic (exact) mass is 248 g/mol. The minimum absolute atomic E-state index is 0.0787. The Morgan fingerprint density at radius 2 is 1.89 bits per heavy atom. The molecule has 1 aliphatic rings. The molecule has 0 aliphatic carbocycles. The van der Waals surface area contributed by atoms with E-state index in [0.29, 0.717) is 12.5 Å². The highest BCUT2D eigenvalue weighted by Crippen LogP contribution is 2.18. The van der Waals surface area contributed by atoms with Crippen molar-refractivity contribution in [2.24, 2.45) is 11.7 Å². The highest BCUT2D eigenvalue weighted by Gasteiger charge is 2.22. The summed E-state index contributed by atoms with van der Waals surface area (Å²) in [6, 6.07) is 7.47. The average molecular weight is 248 g/mol. The van der Waals surface area contributed by atoms with Crippen LogP contribution in [0.3, 0.4) is 0 Å². The Bertz CT molecular complexity index is 395. The molecule has 2 rings (SSSR count). The van der Waals surface area contributed by atoms with E-state index in [-0.39, 0.29) is 12.5 Å². The largest absolute Gasteiger partial charge is 0.396 e. The molecule has 0 radical (unpaired) electrons. The molecule has 0 spiro atoms. The molecule has 1 aliphatic heterocycles. The summed E-state index contributed by atoms with van der Waals surface area (Å²) in [4.78, 5) is 14.1. The minimum Gasteiger partial charge on any atom is -0.396 e. The molecule has 1 aromatic carbocycles. The summed E-state index contributed by atoms with van der Waals surface area (Å²) in [5, 5.41) is 9.08. The van der Waals surface area contributed by atoms with Gasteiger partial charge in [0.2, 0.25) is 0 Å². The lowest BCUT2D eigenvalue weighted by Crippen LogP contribution is -2.39. The van der Waals surface area contributed by atoms with Gasteiger partial charge in [0.1, 0.15) is 0 Å². The SMILES string of the molecule is NCc1ccc(C(=O)N2CCC(CO)CC2)cc1. The van der Waals surface area contributed by atoms with Gasteiger partial charge >= 0.3 is 0 Å². The van der Waals surface area contributed by atoms with Crippen molar-refractivity contribution in [3.05, 3.63) is 35.4 Å². The lowest BCUT2D eigenvalue weighted by molar-refractivity contribution is 0.0651. The molecule has 1 aromatic rings. The molecule has 1 fully saturated rings. The number of rotatable bonds is 3. The molecule has 18 heavy (non-hydrogen) atoms. The minimum atomic E-state index is 0.0787. The van der Waals surface area contributed by atoms with E-state index in [4.69, 9.17) is 10.8 Å². The number of aliphatic hydroxyl groups is 1. The lowest BCUT2D eigenvalue weighted by Gasteiger charge is -2.31. The molecule has 1 amide bonds. The molecular formula is C14H20N2O2. The van der Waals surface area contributed by atoms with E-state index in [1.54, 1.807) is 0 Å². The highest BCUT2D eigenvalue weighted by atomic mass is 16.3. The molecule has 4 nitrogen and oxygen atoms in total. The van der Waals surface area contributed by atoms with Gasteiger partial charge in [0.25, 0.3) is 5.91 Å². The Morgan fingerprint density at radius 3 is 2.39 bits per heavy atom. The molecule has 1 heterocycles. The third-order valence-electron chi connectivity index (χ3n) is 3.60. The van der Waals surface area contributed by atoms with Crippen molar-refractivity contribution < 1.29 is 9.90 Å². The number of piperidine rings is 1. The molecule has 0 aromatic heterocycles. The maximum atomic E-state index is 12.2. The van der Waals surface area contributed by atoms with Gasteiger partial charge in [0, 0.05) is 31.8 Å². The fraction of sp³-hybridized carbons (Fsp3) is 0.500. The summed E-state index contributed by atoms with van der Waals surface area (Å²) in [7, 11) is 0. The zero-order chi connectivity index (χ0) is 13.0. The van der Waals surface area contributed by atoms with Crippen LogP contribution in [0.5, 0.6) is 0 Å². The number of aliphatic hydroxyl groups excluding tert-OH is 1. The van der Waals surface area contributed by atoms with Crippen LogP contribution in [0.4, 0.5) is 0 Å². The molecule has 98 valence electrons. The topological polar surface area (TPSA) is 66.6 Å². The Morgan fingerprint density at radius 1 is 1.28 bits per heavy atom. The predicted molar refractivity (Wildman–Crippen MR) is 70.0 cm³/mol. The molecule has 0 atom stereocenters. The van der Waals surface area contributed by atoms with Crippen molar-refractivity contribution in [1.82, 2.24) is 4.90 Å². The third kappa shape index (κ3) is 2.89. The molecule has 3 N–H and O–H groups in total. The Labute approximate surface area is 107 Å². The van der Waals surface area contributed by atoms with Crippen molar-refractivity contribution >= 4 is 5.91 Å².